The maximum absolute atomic E-state index is 12.9. The van der Waals surface area contributed by atoms with Crippen molar-refractivity contribution in [2.45, 2.75) is 6.61 Å². The number of hydrogen-bond donors (Lipinski definition) is 1. The number of anilines is 1. The number of nitrogens with one attached hydrogen (secondary N) is 1. The van der Waals surface area contributed by atoms with Gasteiger partial charge in [-0.25, -0.2) is 0 Å². The Bertz CT molecular complexity index is 1070. The van der Waals surface area contributed by atoms with Crippen LogP contribution in [0.3, 0.4) is 0 Å². The highest BCUT2D eigenvalue weighted by molar-refractivity contribution is 6.09. The highest BCUT2D eigenvalue weighted by Crippen LogP contribution is 2.22. The number of fused-ring (bicyclic) bond motifs is 1. The fourth-order valence-corrected chi connectivity index (χ4v) is 2.94. The Morgan fingerprint density at radius 1 is 0.852 bits per heavy atom. The van der Waals surface area contributed by atoms with Crippen LogP contribution in [0.25, 0.3) is 10.9 Å². The molecule has 4 rings (SSSR count). The SMILES string of the molecule is O=C(Nc1cccc2cccnc12)c1ccccc1COc1ccccc1. The molecule has 0 bridgehead atoms. The van der Waals surface area contributed by atoms with E-state index in [-0.39, 0.29) is 5.91 Å². The predicted molar refractivity (Wildman–Crippen MR) is 107 cm³/mol. The molecule has 3 aromatic carbocycles. The van der Waals surface area contributed by atoms with Gasteiger partial charge in [0.15, 0.2) is 0 Å². The molecule has 132 valence electrons. The third-order valence-corrected chi connectivity index (χ3v) is 4.28. The molecule has 0 aliphatic carbocycles. The molecular formula is C23H18N2O2. The molecule has 4 nitrogen and oxygen atoms in total. The summed E-state index contributed by atoms with van der Waals surface area (Å²) in [6, 6.07) is 26.6. The largest absolute Gasteiger partial charge is 0.489 e. The van der Waals surface area contributed by atoms with Crippen molar-refractivity contribution in [3.63, 3.8) is 0 Å². The Hall–Kier alpha value is -3.66. The van der Waals surface area contributed by atoms with Crippen molar-refractivity contribution in [3.05, 3.63) is 102 Å². The van der Waals surface area contributed by atoms with Gasteiger partial charge in [0.1, 0.15) is 12.4 Å². The van der Waals surface area contributed by atoms with E-state index in [1.165, 1.54) is 0 Å². The zero-order chi connectivity index (χ0) is 18.5. The van der Waals surface area contributed by atoms with Crippen molar-refractivity contribution in [3.8, 4) is 5.75 Å². The highest BCUT2D eigenvalue weighted by atomic mass is 16.5. The van der Waals surface area contributed by atoms with Crippen LogP contribution in [0, 0.1) is 0 Å². The van der Waals surface area contributed by atoms with Gasteiger partial charge < -0.3 is 10.1 Å². The van der Waals surface area contributed by atoms with Crippen LogP contribution in [-0.2, 0) is 6.61 Å². The van der Waals surface area contributed by atoms with Crippen molar-refractivity contribution < 1.29 is 9.53 Å². The van der Waals surface area contributed by atoms with Crippen LogP contribution in [-0.4, -0.2) is 10.9 Å². The molecule has 4 heteroatoms. The minimum Gasteiger partial charge on any atom is -0.489 e. The number of para-hydroxylation sites is 2. The van der Waals surface area contributed by atoms with E-state index in [4.69, 9.17) is 4.74 Å². The van der Waals surface area contributed by atoms with Crippen LogP contribution in [0.5, 0.6) is 5.75 Å². The molecule has 0 fully saturated rings. The van der Waals surface area contributed by atoms with E-state index in [1.807, 2.05) is 78.9 Å². The van der Waals surface area contributed by atoms with Crippen LogP contribution in [0.1, 0.15) is 15.9 Å². The summed E-state index contributed by atoms with van der Waals surface area (Å²) in [5.74, 6) is 0.589. The number of nitrogens with zero attached hydrogens (tertiary/aromatic N) is 1. The maximum atomic E-state index is 12.9. The molecule has 0 saturated heterocycles. The minimum absolute atomic E-state index is 0.180. The summed E-state index contributed by atoms with van der Waals surface area (Å²) in [7, 11) is 0. The van der Waals surface area contributed by atoms with Gasteiger partial charge in [0.2, 0.25) is 0 Å². The Kier molecular flexibility index (Phi) is 4.79. The lowest BCUT2D eigenvalue weighted by atomic mass is 10.1. The zero-order valence-corrected chi connectivity index (χ0v) is 14.6. The van der Waals surface area contributed by atoms with Crippen LogP contribution >= 0.6 is 0 Å². The summed E-state index contributed by atoms with van der Waals surface area (Å²) in [5.41, 5.74) is 2.87. The lowest BCUT2D eigenvalue weighted by molar-refractivity contribution is 0.102. The van der Waals surface area contributed by atoms with Gasteiger partial charge in [0, 0.05) is 22.7 Å². The molecule has 1 N–H and O–H groups in total. The molecular weight excluding hydrogens is 336 g/mol. The topological polar surface area (TPSA) is 51.2 Å². The molecule has 1 heterocycles. The third-order valence-electron chi connectivity index (χ3n) is 4.28. The first-order chi connectivity index (χ1) is 13.3. The Morgan fingerprint density at radius 3 is 2.52 bits per heavy atom. The summed E-state index contributed by atoms with van der Waals surface area (Å²) in [5, 5.41) is 3.97. The second kappa shape index (κ2) is 7.70. The average molecular weight is 354 g/mol. The number of aromatic nitrogens is 1. The van der Waals surface area contributed by atoms with Crippen LogP contribution in [0.15, 0.2) is 91.1 Å². The van der Waals surface area contributed by atoms with E-state index < -0.39 is 0 Å². The van der Waals surface area contributed by atoms with Gasteiger partial charge in [0.25, 0.3) is 5.91 Å². The van der Waals surface area contributed by atoms with Gasteiger partial charge in [-0.15, -0.1) is 0 Å². The smallest absolute Gasteiger partial charge is 0.256 e. The minimum atomic E-state index is -0.180. The summed E-state index contributed by atoms with van der Waals surface area (Å²) in [6.45, 7) is 0.321. The molecule has 0 saturated carbocycles. The van der Waals surface area contributed by atoms with Gasteiger partial charge in [-0.05, 0) is 30.3 Å². The lowest BCUT2D eigenvalue weighted by Crippen LogP contribution is -2.15. The normalized spacial score (nSPS) is 10.5. The fraction of sp³-hybridized carbons (Fsp3) is 0.0435. The fourth-order valence-electron chi connectivity index (χ4n) is 2.94. The molecule has 1 aromatic heterocycles. The van der Waals surface area contributed by atoms with Crippen LogP contribution in [0.2, 0.25) is 0 Å². The molecule has 0 radical (unpaired) electrons. The summed E-state index contributed by atoms with van der Waals surface area (Å²) < 4.78 is 5.81. The molecule has 0 unspecified atom stereocenters. The van der Waals surface area contributed by atoms with Crippen molar-refractivity contribution in [1.82, 2.24) is 4.98 Å². The second-order valence-electron chi connectivity index (χ2n) is 6.09. The number of pyridine rings is 1. The lowest BCUT2D eigenvalue weighted by Gasteiger charge is -2.12. The number of benzene rings is 3. The molecule has 1 amide bonds. The predicted octanol–water partition coefficient (Wildman–Crippen LogP) is 5.07. The van der Waals surface area contributed by atoms with E-state index >= 15 is 0 Å². The first-order valence-electron chi connectivity index (χ1n) is 8.72. The van der Waals surface area contributed by atoms with E-state index in [0.717, 1.165) is 22.2 Å². The molecule has 0 aliphatic rings. The number of amides is 1. The van der Waals surface area contributed by atoms with Gasteiger partial charge >= 0.3 is 0 Å². The third kappa shape index (κ3) is 3.80. The summed E-state index contributed by atoms with van der Waals surface area (Å²) in [4.78, 5) is 17.3. The number of hydrogen-bond acceptors (Lipinski definition) is 3. The van der Waals surface area contributed by atoms with Crippen molar-refractivity contribution >= 4 is 22.5 Å². The number of ether oxygens (including phenoxy) is 1. The van der Waals surface area contributed by atoms with E-state index in [9.17, 15) is 4.79 Å². The van der Waals surface area contributed by atoms with Crippen LogP contribution in [0.4, 0.5) is 5.69 Å². The molecule has 0 atom stereocenters. The molecule has 4 aromatic rings. The number of rotatable bonds is 5. The van der Waals surface area contributed by atoms with Crippen molar-refractivity contribution in [2.24, 2.45) is 0 Å². The monoisotopic (exact) mass is 354 g/mol. The summed E-state index contributed by atoms with van der Waals surface area (Å²) >= 11 is 0. The Balaban J connectivity index is 1.57. The van der Waals surface area contributed by atoms with Crippen molar-refractivity contribution in [2.75, 3.05) is 5.32 Å². The highest BCUT2D eigenvalue weighted by Gasteiger charge is 2.13. The average Bonchev–Trinajstić information content (AvgIpc) is 2.73. The first kappa shape index (κ1) is 16.8. The van der Waals surface area contributed by atoms with Gasteiger partial charge in [-0.3, -0.25) is 9.78 Å². The maximum Gasteiger partial charge on any atom is 0.256 e. The second-order valence-corrected chi connectivity index (χ2v) is 6.09. The standard InChI is InChI=1S/C23H18N2O2/c26-23(25-21-14-6-9-17-10-7-15-24-22(17)21)20-13-5-4-8-18(20)16-27-19-11-2-1-3-12-19/h1-15H,16H2,(H,25,26). The zero-order valence-electron chi connectivity index (χ0n) is 14.6. The van der Waals surface area contributed by atoms with Gasteiger partial charge in [0.05, 0.1) is 11.2 Å². The molecule has 27 heavy (non-hydrogen) atoms. The van der Waals surface area contributed by atoms with Gasteiger partial charge in [-0.1, -0.05) is 54.6 Å². The molecule has 0 aliphatic heterocycles. The Morgan fingerprint density at radius 2 is 1.63 bits per heavy atom. The van der Waals surface area contributed by atoms with E-state index in [2.05, 4.69) is 10.3 Å². The van der Waals surface area contributed by atoms with Crippen LogP contribution < -0.4 is 10.1 Å². The first-order valence-corrected chi connectivity index (χ1v) is 8.72. The van der Waals surface area contributed by atoms with E-state index in [0.29, 0.717) is 17.9 Å². The number of carbonyl (C=O) groups is 1. The number of carbonyl (C=O) groups excluding carboxylic acids is 1. The summed E-state index contributed by atoms with van der Waals surface area (Å²) in [6.07, 6.45) is 1.72. The Labute approximate surface area is 157 Å². The van der Waals surface area contributed by atoms with E-state index in [1.54, 1.807) is 12.3 Å². The quantitative estimate of drug-likeness (QED) is 0.545. The van der Waals surface area contributed by atoms with Crippen molar-refractivity contribution in [1.29, 1.82) is 0 Å². The van der Waals surface area contributed by atoms with Gasteiger partial charge in [-0.2, -0.15) is 0 Å². The molecule has 0 spiro atoms.